The minimum absolute atomic E-state index is 0.0390. The van der Waals surface area contributed by atoms with Crippen molar-refractivity contribution in [2.75, 3.05) is 5.73 Å². The molecule has 6 heteroatoms. The van der Waals surface area contributed by atoms with Crippen LogP contribution in [0.15, 0.2) is 23.2 Å². The van der Waals surface area contributed by atoms with Crippen LogP contribution in [0, 0.1) is 5.92 Å². The van der Waals surface area contributed by atoms with Crippen molar-refractivity contribution in [3.05, 3.63) is 18.3 Å². The first-order valence-electron chi connectivity index (χ1n) is 6.73. The van der Waals surface area contributed by atoms with Crippen LogP contribution in [0.25, 0.3) is 0 Å². The monoisotopic (exact) mass is 283 g/mol. The van der Waals surface area contributed by atoms with E-state index in [4.69, 9.17) is 5.73 Å². The molecule has 0 saturated heterocycles. The second-order valence-corrected chi connectivity index (χ2v) is 6.94. The molecule has 1 aliphatic carbocycles. The van der Waals surface area contributed by atoms with Gasteiger partial charge in [-0.3, -0.25) is 0 Å². The number of pyridine rings is 1. The lowest BCUT2D eigenvalue weighted by atomic mass is 9.85. The summed E-state index contributed by atoms with van der Waals surface area (Å²) in [6, 6.07) is 2.95. The summed E-state index contributed by atoms with van der Waals surface area (Å²) in [5.74, 6) is 0.754. The Balaban J connectivity index is 2.05. The van der Waals surface area contributed by atoms with E-state index in [-0.39, 0.29) is 10.9 Å². The Morgan fingerprint density at radius 1 is 1.32 bits per heavy atom. The standard InChI is InChI=1S/C13H21N3O2S/c1-10(11-5-3-2-4-6-11)16-19(17,18)12-7-8-13(14)15-9-12/h7-11,16H,2-6H2,1H3,(H2,14,15). The minimum Gasteiger partial charge on any atom is -0.384 e. The molecule has 1 saturated carbocycles. The van der Waals surface area contributed by atoms with Crippen molar-refractivity contribution in [1.82, 2.24) is 9.71 Å². The van der Waals surface area contributed by atoms with Gasteiger partial charge in [-0.25, -0.2) is 18.1 Å². The van der Waals surface area contributed by atoms with Gasteiger partial charge in [-0.15, -0.1) is 0 Å². The molecule has 1 fully saturated rings. The molecule has 2 rings (SSSR count). The molecular formula is C13H21N3O2S. The third-order valence-electron chi connectivity index (χ3n) is 3.77. The van der Waals surface area contributed by atoms with Crippen LogP contribution in [0.5, 0.6) is 0 Å². The van der Waals surface area contributed by atoms with E-state index in [9.17, 15) is 8.42 Å². The molecule has 19 heavy (non-hydrogen) atoms. The predicted octanol–water partition coefficient (Wildman–Crippen LogP) is 1.91. The highest BCUT2D eigenvalue weighted by molar-refractivity contribution is 7.89. The molecule has 1 unspecified atom stereocenters. The largest absolute Gasteiger partial charge is 0.384 e. The first-order chi connectivity index (χ1) is 8.99. The topological polar surface area (TPSA) is 85.1 Å². The average Bonchev–Trinajstić information content (AvgIpc) is 2.40. The number of nitrogens with one attached hydrogen (secondary N) is 1. The fraction of sp³-hybridized carbons (Fsp3) is 0.615. The van der Waals surface area contributed by atoms with Gasteiger partial charge in [0, 0.05) is 12.2 Å². The second kappa shape index (κ2) is 5.88. The van der Waals surface area contributed by atoms with Crippen LogP contribution in [-0.4, -0.2) is 19.4 Å². The number of nitrogens with zero attached hydrogens (tertiary/aromatic N) is 1. The first-order valence-corrected chi connectivity index (χ1v) is 8.21. The molecular weight excluding hydrogens is 262 g/mol. The van der Waals surface area contributed by atoms with Crippen LogP contribution in [0.2, 0.25) is 0 Å². The Hall–Kier alpha value is -1.14. The summed E-state index contributed by atoms with van der Waals surface area (Å²) in [6.45, 7) is 1.94. The Morgan fingerprint density at radius 2 is 2.00 bits per heavy atom. The lowest BCUT2D eigenvalue weighted by molar-refractivity contribution is 0.303. The van der Waals surface area contributed by atoms with E-state index in [0.717, 1.165) is 12.8 Å². The Kier molecular flexibility index (Phi) is 4.42. The molecule has 1 atom stereocenters. The number of anilines is 1. The summed E-state index contributed by atoms with van der Waals surface area (Å²) in [4.78, 5) is 3.99. The van der Waals surface area contributed by atoms with E-state index in [2.05, 4.69) is 9.71 Å². The fourth-order valence-corrected chi connectivity index (χ4v) is 3.85. The maximum Gasteiger partial charge on any atom is 0.242 e. The van der Waals surface area contributed by atoms with Gasteiger partial charge in [-0.2, -0.15) is 0 Å². The summed E-state index contributed by atoms with van der Waals surface area (Å²) >= 11 is 0. The van der Waals surface area contributed by atoms with E-state index in [1.165, 1.54) is 37.6 Å². The summed E-state index contributed by atoms with van der Waals surface area (Å²) in [6.07, 6.45) is 7.15. The molecule has 1 aromatic rings. The second-order valence-electron chi connectivity index (χ2n) is 5.23. The van der Waals surface area contributed by atoms with Crippen LogP contribution in [0.3, 0.4) is 0 Å². The molecule has 0 bridgehead atoms. The van der Waals surface area contributed by atoms with E-state index >= 15 is 0 Å². The van der Waals surface area contributed by atoms with Crippen LogP contribution in [-0.2, 0) is 10.0 Å². The van der Waals surface area contributed by atoms with Crippen molar-refractivity contribution in [2.45, 2.75) is 50.0 Å². The molecule has 0 aliphatic heterocycles. The minimum atomic E-state index is -3.49. The Bertz CT molecular complexity index is 507. The van der Waals surface area contributed by atoms with Crippen molar-refractivity contribution < 1.29 is 8.42 Å². The number of rotatable bonds is 4. The van der Waals surface area contributed by atoms with Crippen LogP contribution in [0.1, 0.15) is 39.0 Å². The van der Waals surface area contributed by atoms with Gasteiger partial charge in [0.05, 0.1) is 0 Å². The molecule has 0 amide bonds. The summed E-state index contributed by atoms with van der Waals surface area (Å²) < 4.78 is 27.2. The summed E-state index contributed by atoms with van der Waals surface area (Å²) in [5, 5.41) is 0. The van der Waals surface area contributed by atoms with Gasteiger partial charge < -0.3 is 5.73 Å². The van der Waals surface area contributed by atoms with Gasteiger partial charge in [0.2, 0.25) is 10.0 Å². The van der Waals surface area contributed by atoms with Crippen molar-refractivity contribution in [1.29, 1.82) is 0 Å². The van der Waals surface area contributed by atoms with Gasteiger partial charge in [0.25, 0.3) is 0 Å². The predicted molar refractivity (Wildman–Crippen MR) is 75.0 cm³/mol. The van der Waals surface area contributed by atoms with Crippen molar-refractivity contribution in [3.63, 3.8) is 0 Å². The van der Waals surface area contributed by atoms with Crippen molar-refractivity contribution >= 4 is 15.8 Å². The molecule has 1 aliphatic rings. The molecule has 0 spiro atoms. The zero-order chi connectivity index (χ0) is 13.9. The maximum atomic E-state index is 12.2. The van der Waals surface area contributed by atoms with Crippen LogP contribution < -0.4 is 10.5 Å². The number of aromatic nitrogens is 1. The maximum absolute atomic E-state index is 12.2. The van der Waals surface area contributed by atoms with E-state index in [1.807, 2.05) is 6.92 Å². The molecule has 5 nitrogen and oxygen atoms in total. The molecule has 0 aromatic carbocycles. The third kappa shape index (κ3) is 3.67. The highest BCUT2D eigenvalue weighted by Gasteiger charge is 2.25. The first kappa shape index (κ1) is 14.3. The summed E-state index contributed by atoms with van der Waals surface area (Å²) in [7, 11) is -3.49. The zero-order valence-electron chi connectivity index (χ0n) is 11.2. The van der Waals surface area contributed by atoms with E-state index in [1.54, 1.807) is 0 Å². The van der Waals surface area contributed by atoms with Gasteiger partial charge in [0.15, 0.2) is 0 Å². The van der Waals surface area contributed by atoms with E-state index < -0.39 is 10.0 Å². The SMILES string of the molecule is CC(NS(=O)(=O)c1ccc(N)nc1)C1CCCCC1. The highest BCUT2D eigenvalue weighted by atomic mass is 32.2. The van der Waals surface area contributed by atoms with Gasteiger partial charge in [-0.1, -0.05) is 19.3 Å². The molecule has 1 aromatic heterocycles. The molecule has 3 N–H and O–H groups in total. The van der Waals surface area contributed by atoms with Gasteiger partial charge in [0.1, 0.15) is 10.7 Å². The number of sulfonamides is 1. The lowest BCUT2D eigenvalue weighted by Gasteiger charge is -2.28. The zero-order valence-corrected chi connectivity index (χ0v) is 12.0. The quantitative estimate of drug-likeness (QED) is 0.884. The lowest BCUT2D eigenvalue weighted by Crippen LogP contribution is -2.38. The Labute approximate surface area is 114 Å². The van der Waals surface area contributed by atoms with Gasteiger partial charge >= 0.3 is 0 Å². The number of nitrogens with two attached hydrogens (primary N) is 1. The molecule has 0 radical (unpaired) electrons. The number of hydrogen-bond acceptors (Lipinski definition) is 4. The Morgan fingerprint density at radius 3 is 2.58 bits per heavy atom. The summed E-state index contributed by atoms with van der Waals surface area (Å²) in [5.41, 5.74) is 5.46. The van der Waals surface area contributed by atoms with E-state index in [0.29, 0.717) is 11.7 Å². The van der Waals surface area contributed by atoms with Crippen molar-refractivity contribution in [2.24, 2.45) is 5.92 Å². The third-order valence-corrected chi connectivity index (χ3v) is 5.31. The molecule has 1 heterocycles. The fourth-order valence-electron chi connectivity index (χ4n) is 2.59. The number of nitrogen functional groups attached to an aromatic ring is 1. The smallest absolute Gasteiger partial charge is 0.242 e. The van der Waals surface area contributed by atoms with Crippen LogP contribution >= 0.6 is 0 Å². The van der Waals surface area contributed by atoms with Crippen LogP contribution in [0.4, 0.5) is 5.82 Å². The highest BCUT2D eigenvalue weighted by Crippen LogP contribution is 2.27. The van der Waals surface area contributed by atoms with Gasteiger partial charge in [-0.05, 0) is 37.8 Å². The average molecular weight is 283 g/mol. The normalized spacial score (nSPS) is 19.2. The molecule has 106 valence electrons. The number of hydrogen-bond donors (Lipinski definition) is 2. The van der Waals surface area contributed by atoms with Crippen molar-refractivity contribution in [3.8, 4) is 0 Å².